The van der Waals surface area contributed by atoms with E-state index in [9.17, 15) is 9.50 Å². The number of hydrogen-bond acceptors (Lipinski definition) is 3. The second-order valence-electron chi connectivity index (χ2n) is 4.04. The number of halogens is 2. The first-order chi connectivity index (χ1) is 9.06. The van der Waals surface area contributed by atoms with Crippen molar-refractivity contribution in [2.45, 2.75) is 0 Å². The molecule has 6 heteroatoms. The second kappa shape index (κ2) is 4.13. The van der Waals surface area contributed by atoms with Crippen molar-refractivity contribution >= 4 is 22.5 Å². The number of benzene rings is 2. The number of aromatic nitrogens is 2. The van der Waals surface area contributed by atoms with Crippen molar-refractivity contribution in [2.24, 2.45) is 0 Å². The summed E-state index contributed by atoms with van der Waals surface area (Å²) in [6.07, 6.45) is 0. The zero-order valence-electron chi connectivity index (χ0n) is 9.51. The summed E-state index contributed by atoms with van der Waals surface area (Å²) in [5.41, 5.74) is 0.965. The average Bonchev–Trinajstić information content (AvgIpc) is 2.70. The first kappa shape index (κ1) is 11.8. The van der Waals surface area contributed by atoms with E-state index in [1.54, 1.807) is 6.07 Å². The first-order valence-corrected chi connectivity index (χ1v) is 5.80. The Morgan fingerprint density at radius 1 is 1.11 bits per heavy atom. The molecule has 19 heavy (non-hydrogen) atoms. The largest absolute Gasteiger partial charge is 0.508 e. The minimum absolute atomic E-state index is 0.0748. The molecule has 0 saturated carbocycles. The van der Waals surface area contributed by atoms with Crippen LogP contribution in [0.25, 0.3) is 16.6 Å². The average molecular weight is 279 g/mol. The molecule has 0 spiro atoms. The minimum Gasteiger partial charge on any atom is -0.508 e. The lowest BCUT2D eigenvalue weighted by Crippen LogP contribution is -1.96. The van der Waals surface area contributed by atoms with E-state index < -0.39 is 11.6 Å². The van der Waals surface area contributed by atoms with Gasteiger partial charge < -0.3 is 10.2 Å². The molecule has 3 rings (SSSR count). The Morgan fingerprint density at radius 3 is 2.63 bits per heavy atom. The third-order valence-corrected chi connectivity index (χ3v) is 3.14. The Bertz CT molecular complexity index is 786. The van der Waals surface area contributed by atoms with Crippen LogP contribution >= 0.6 is 11.6 Å². The SMILES string of the molecule is Oc1ccc2nn(-c3ccc(O)c(F)c3)c(Cl)c2c1. The molecular formula is C13H8ClFN2O2. The van der Waals surface area contributed by atoms with Crippen LogP contribution < -0.4 is 0 Å². The van der Waals surface area contributed by atoms with Gasteiger partial charge in [0.25, 0.3) is 0 Å². The van der Waals surface area contributed by atoms with Crippen LogP contribution in [0.4, 0.5) is 4.39 Å². The van der Waals surface area contributed by atoms with Crippen LogP contribution in [-0.4, -0.2) is 20.0 Å². The molecular weight excluding hydrogens is 271 g/mol. The summed E-state index contributed by atoms with van der Waals surface area (Å²) in [7, 11) is 0. The van der Waals surface area contributed by atoms with Gasteiger partial charge in [-0.3, -0.25) is 0 Å². The van der Waals surface area contributed by atoms with E-state index in [1.807, 2.05) is 0 Å². The van der Waals surface area contributed by atoms with E-state index in [-0.39, 0.29) is 10.9 Å². The molecule has 0 aliphatic heterocycles. The normalized spacial score (nSPS) is 11.1. The highest BCUT2D eigenvalue weighted by Crippen LogP contribution is 2.29. The Balaban J connectivity index is 2.24. The quantitative estimate of drug-likeness (QED) is 0.718. The maximum Gasteiger partial charge on any atom is 0.166 e. The molecule has 2 N–H and O–H groups in total. The van der Waals surface area contributed by atoms with Gasteiger partial charge in [-0.25, -0.2) is 9.07 Å². The monoisotopic (exact) mass is 278 g/mol. The molecule has 1 aromatic heterocycles. The molecule has 0 amide bonds. The standard InChI is InChI=1S/C13H8ClFN2O2/c14-13-9-6-8(18)2-3-11(9)16-17(13)7-1-4-12(19)10(15)5-7/h1-6,18-19H. The summed E-state index contributed by atoms with van der Waals surface area (Å²) in [5, 5.41) is 23.6. The van der Waals surface area contributed by atoms with Gasteiger partial charge in [0, 0.05) is 11.5 Å². The van der Waals surface area contributed by atoms with E-state index in [1.165, 1.54) is 28.9 Å². The van der Waals surface area contributed by atoms with Crippen LogP contribution in [0.1, 0.15) is 0 Å². The smallest absolute Gasteiger partial charge is 0.166 e. The summed E-state index contributed by atoms with van der Waals surface area (Å²) in [6.45, 7) is 0. The first-order valence-electron chi connectivity index (χ1n) is 5.42. The maximum atomic E-state index is 13.3. The molecule has 0 radical (unpaired) electrons. The van der Waals surface area contributed by atoms with Crippen LogP contribution in [-0.2, 0) is 0 Å². The molecule has 2 aromatic carbocycles. The molecule has 3 aromatic rings. The lowest BCUT2D eigenvalue weighted by molar-refractivity contribution is 0.432. The molecule has 0 bridgehead atoms. The molecule has 0 saturated heterocycles. The van der Waals surface area contributed by atoms with Crippen molar-refractivity contribution in [3.8, 4) is 17.2 Å². The van der Waals surface area contributed by atoms with Gasteiger partial charge in [0.15, 0.2) is 11.6 Å². The van der Waals surface area contributed by atoms with Crippen LogP contribution in [0.15, 0.2) is 36.4 Å². The summed E-state index contributed by atoms with van der Waals surface area (Å²) in [4.78, 5) is 0. The Labute approximate surface area is 112 Å². The Hall–Kier alpha value is -2.27. The van der Waals surface area contributed by atoms with Crippen molar-refractivity contribution in [2.75, 3.05) is 0 Å². The maximum absolute atomic E-state index is 13.3. The molecule has 1 heterocycles. The molecule has 0 unspecified atom stereocenters. The van der Waals surface area contributed by atoms with E-state index in [0.717, 1.165) is 6.07 Å². The van der Waals surface area contributed by atoms with E-state index in [4.69, 9.17) is 16.7 Å². The van der Waals surface area contributed by atoms with Crippen molar-refractivity contribution < 1.29 is 14.6 Å². The van der Waals surface area contributed by atoms with Gasteiger partial charge in [0.05, 0.1) is 11.2 Å². The zero-order valence-corrected chi connectivity index (χ0v) is 10.3. The van der Waals surface area contributed by atoms with Crippen molar-refractivity contribution in [3.63, 3.8) is 0 Å². The summed E-state index contributed by atoms with van der Waals surface area (Å²) < 4.78 is 14.7. The summed E-state index contributed by atoms with van der Waals surface area (Å²) >= 11 is 6.16. The molecule has 96 valence electrons. The lowest BCUT2D eigenvalue weighted by atomic mass is 10.2. The highest BCUT2D eigenvalue weighted by molar-refractivity contribution is 6.34. The van der Waals surface area contributed by atoms with Crippen molar-refractivity contribution in [1.82, 2.24) is 9.78 Å². The van der Waals surface area contributed by atoms with Gasteiger partial charge in [-0.1, -0.05) is 11.6 Å². The van der Waals surface area contributed by atoms with Gasteiger partial charge in [0.1, 0.15) is 10.9 Å². The zero-order chi connectivity index (χ0) is 13.6. The van der Waals surface area contributed by atoms with E-state index in [0.29, 0.717) is 16.6 Å². The van der Waals surface area contributed by atoms with Gasteiger partial charge in [-0.2, -0.15) is 5.10 Å². The lowest BCUT2D eigenvalue weighted by Gasteiger charge is -2.03. The third-order valence-electron chi connectivity index (χ3n) is 2.77. The fraction of sp³-hybridized carbons (Fsp3) is 0. The Kier molecular flexibility index (Phi) is 2.57. The topological polar surface area (TPSA) is 58.3 Å². The number of rotatable bonds is 1. The number of phenolic OH excluding ortho intramolecular Hbond substituents is 2. The van der Waals surface area contributed by atoms with Crippen molar-refractivity contribution in [1.29, 1.82) is 0 Å². The van der Waals surface area contributed by atoms with Crippen LogP contribution in [0.5, 0.6) is 11.5 Å². The minimum atomic E-state index is -0.754. The van der Waals surface area contributed by atoms with Gasteiger partial charge in [-0.15, -0.1) is 0 Å². The highest BCUT2D eigenvalue weighted by atomic mass is 35.5. The summed E-state index contributed by atoms with van der Waals surface area (Å²) in [5.74, 6) is -1.11. The summed E-state index contributed by atoms with van der Waals surface area (Å²) in [6, 6.07) is 8.45. The van der Waals surface area contributed by atoms with Gasteiger partial charge in [0.2, 0.25) is 0 Å². The van der Waals surface area contributed by atoms with Crippen LogP contribution in [0, 0.1) is 5.82 Å². The van der Waals surface area contributed by atoms with Crippen LogP contribution in [0.3, 0.4) is 0 Å². The Morgan fingerprint density at radius 2 is 1.89 bits per heavy atom. The molecule has 0 atom stereocenters. The predicted molar refractivity (Wildman–Crippen MR) is 69.4 cm³/mol. The fourth-order valence-corrected chi connectivity index (χ4v) is 2.13. The molecule has 0 aliphatic rings. The molecule has 0 fully saturated rings. The predicted octanol–water partition coefficient (Wildman–Crippen LogP) is 3.23. The van der Waals surface area contributed by atoms with E-state index >= 15 is 0 Å². The second-order valence-corrected chi connectivity index (χ2v) is 4.40. The molecule has 4 nitrogen and oxygen atoms in total. The number of aromatic hydroxyl groups is 2. The van der Waals surface area contributed by atoms with Gasteiger partial charge in [-0.05, 0) is 30.3 Å². The number of fused-ring (bicyclic) bond motifs is 1. The fourth-order valence-electron chi connectivity index (χ4n) is 1.84. The van der Waals surface area contributed by atoms with Crippen LogP contribution in [0.2, 0.25) is 5.15 Å². The number of phenols is 2. The number of hydrogen-bond donors (Lipinski definition) is 2. The van der Waals surface area contributed by atoms with E-state index in [2.05, 4.69) is 5.10 Å². The highest BCUT2D eigenvalue weighted by Gasteiger charge is 2.12. The molecule has 0 aliphatic carbocycles. The third kappa shape index (κ3) is 1.88. The van der Waals surface area contributed by atoms with Crippen molar-refractivity contribution in [3.05, 3.63) is 47.4 Å². The van der Waals surface area contributed by atoms with Gasteiger partial charge >= 0.3 is 0 Å². The number of nitrogens with zero attached hydrogens (tertiary/aromatic N) is 2.